The van der Waals surface area contributed by atoms with Gasteiger partial charge in [0.2, 0.25) is 15.9 Å². The van der Waals surface area contributed by atoms with Gasteiger partial charge < -0.3 is 4.90 Å². The quantitative estimate of drug-likeness (QED) is 0.662. The van der Waals surface area contributed by atoms with E-state index in [1.807, 2.05) is 35.2 Å². The van der Waals surface area contributed by atoms with Crippen LogP contribution in [-0.4, -0.2) is 31.8 Å². The normalized spacial score (nSPS) is 24.1. The van der Waals surface area contributed by atoms with Crippen LogP contribution in [0.1, 0.15) is 55.7 Å². The van der Waals surface area contributed by atoms with E-state index in [0.29, 0.717) is 25.7 Å². The summed E-state index contributed by atoms with van der Waals surface area (Å²) >= 11 is 0. The maximum absolute atomic E-state index is 13.2. The molecular formula is C24H27F3N2O3S. The molecule has 1 aliphatic carbocycles. The molecule has 0 bridgehead atoms. The van der Waals surface area contributed by atoms with Crippen LogP contribution in [0.3, 0.4) is 0 Å². The van der Waals surface area contributed by atoms with Gasteiger partial charge in [-0.3, -0.25) is 4.79 Å². The minimum Gasteiger partial charge on any atom is -0.335 e. The van der Waals surface area contributed by atoms with Crippen molar-refractivity contribution in [3.8, 4) is 0 Å². The number of hydrogen-bond acceptors (Lipinski definition) is 3. The van der Waals surface area contributed by atoms with Crippen molar-refractivity contribution >= 4 is 15.9 Å². The number of rotatable bonds is 5. The van der Waals surface area contributed by atoms with Gasteiger partial charge in [0.1, 0.15) is 0 Å². The van der Waals surface area contributed by atoms with Gasteiger partial charge in [-0.25, -0.2) is 13.1 Å². The van der Waals surface area contributed by atoms with Crippen molar-refractivity contribution in [3.05, 3.63) is 65.7 Å². The first-order valence-corrected chi connectivity index (χ1v) is 12.7. The van der Waals surface area contributed by atoms with E-state index < -0.39 is 21.8 Å². The van der Waals surface area contributed by atoms with Crippen LogP contribution in [-0.2, 0) is 21.0 Å². The van der Waals surface area contributed by atoms with Crippen LogP contribution in [0.4, 0.5) is 13.2 Å². The molecule has 1 N–H and O–H groups in total. The van der Waals surface area contributed by atoms with E-state index in [9.17, 15) is 26.4 Å². The fourth-order valence-corrected chi connectivity index (χ4v) is 6.16. The lowest BCUT2D eigenvalue weighted by molar-refractivity contribution is -0.138. The predicted octanol–water partition coefficient (Wildman–Crippen LogP) is 4.91. The molecule has 2 aromatic carbocycles. The smallest absolute Gasteiger partial charge is 0.335 e. The molecule has 1 unspecified atom stereocenters. The second-order valence-corrected chi connectivity index (χ2v) is 10.5. The number of benzene rings is 2. The molecule has 0 aromatic heterocycles. The number of carbonyl (C=O) groups excluding carboxylic acids is 1. The van der Waals surface area contributed by atoms with Crippen molar-refractivity contribution in [2.24, 2.45) is 5.92 Å². The van der Waals surface area contributed by atoms with Gasteiger partial charge in [0.05, 0.1) is 16.5 Å². The maximum atomic E-state index is 13.2. The molecule has 5 nitrogen and oxygen atoms in total. The molecule has 9 heteroatoms. The first-order valence-electron chi connectivity index (χ1n) is 11.2. The Labute approximate surface area is 192 Å². The molecular weight excluding hydrogens is 453 g/mol. The van der Waals surface area contributed by atoms with Crippen molar-refractivity contribution < 1.29 is 26.4 Å². The number of sulfonamides is 1. The third kappa shape index (κ3) is 5.41. The average Bonchev–Trinajstić information content (AvgIpc) is 3.29. The Morgan fingerprint density at radius 3 is 2.15 bits per heavy atom. The van der Waals surface area contributed by atoms with Crippen molar-refractivity contribution in [2.45, 2.75) is 61.7 Å². The van der Waals surface area contributed by atoms with Gasteiger partial charge in [0.15, 0.2) is 0 Å². The fraction of sp³-hybridized carbons (Fsp3) is 0.458. The minimum atomic E-state index is -4.52. The number of nitrogens with zero attached hydrogens (tertiary/aromatic N) is 1. The Bertz CT molecular complexity index is 1060. The fourth-order valence-electron chi connectivity index (χ4n) is 4.86. The molecule has 178 valence electrons. The molecule has 2 aromatic rings. The molecule has 1 saturated carbocycles. The topological polar surface area (TPSA) is 66.5 Å². The minimum absolute atomic E-state index is 0.0922. The Hall–Kier alpha value is -2.39. The Balaban J connectivity index is 1.34. The second-order valence-electron chi connectivity index (χ2n) is 8.79. The highest BCUT2D eigenvalue weighted by Crippen LogP contribution is 2.36. The van der Waals surface area contributed by atoms with E-state index in [0.717, 1.165) is 49.2 Å². The van der Waals surface area contributed by atoms with Gasteiger partial charge in [0.25, 0.3) is 0 Å². The number of likely N-dealkylation sites (tertiary alicyclic amines) is 1. The Morgan fingerprint density at radius 1 is 0.909 bits per heavy atom. The van der Waals surface area contributed by atoms with Crippen LogP contribution in [0.2, 0.25) is 0 Å². The van der Waals surface area contributed by atoms with Crippen LogP contribution in [0.5, 0.6) is 0 Å². The van der Waals surface area contributed by atoms with Crippen LogP contribution in [0.25, 0.3) is 0 Å². The van der Waals surface area contributed by atoms with E-state index in [2.05, 4.69) is 4.72 Å². The highest BCUT2D eigenvalue weighted by Gasteiger charge is 2.36. The van der Waals surface area contributed by atoms with E-state index in [-0.39, 0.29) is 28.8 Å². The monoisotopic (exact) mass is 480 g/mol. The molecule has 0 spiro atoms. The number of alkyl halides is 3. The summed E-state index contributed by atoms with van der Waals surface area (Å²) in [6, 6.07) is 13.2. The first kappa shape index (κ1) is 23.8. The lowest BCUT2D eigenvalue weighted by Crippen LogP contribution is -2.42. The number of nitrogens with one attached hydrogen (secondary N) is 1. The van der Waals surface area contributed by atoms with Crippen LogP contribution < -0.4 is 4.72 Å². The molecule has 1 atom stereocenters. The Morgan fingerprint density at radius 2 is 1.55 bits per heavy atom. The second kappa shape index (κ2) is 9.46. The molecule has 1 saturated heterocycles. The third-order valence-electron chi connectivity index (χ3n) is 6.61. The number of halogens is 3. The summed E-state index contributed by atoms with van der Waals surface area (Å²) in [5.74, 6) is -0.00784. The molecule has 0 radical (unpaired) electrons. The summed E-state index contributed by atoms with van der Waals surface area (Å²) in [6.07, 6.45) is -0.421. The number of carbonyl (C=O) groups is 1. The van der Waals surface area contributed by atoms with E-state index >= 15 is 0 Å². The van der Waals surface area contributed by atoms with Gasteiger partial charge in [-0.1, -0.05) is 30.3 Å². The highest BCUT2D eigenvalue weighted by atomic mass is 32.2. The van der Waals surface area contributed by atoms with E-state index in [1.165, 1.54) is 0 Å². The van der Waals surface area contributed by atoms with Crippen molar-refractivity contribution in [2.75, 3.05) is 6.54 Å². The maximum Gasteiger partial charge on any atom is 0.416 e. The largest absolute Gasteiger partial charge is 0.416 e. The zero-order valence-electron chi connectivity index (χ0n) is 18.1. The standard InChI is InChI=1S/C24H27F3N2O3S/c25-24(26,27)19-10-14-21(15-11-19)33(31,32)28-20-12-8-18(9-13-20)23(30)29-16-4-7-22(29)17-5-2-1-3-6-17/h1-3,5-6,10-11,14-15,18,20,22,28H,4,7-9,12-13,16H2/t18-,20-,22?. The van der Waals surface area contributed by atoms with Gasteiger partial charge in [-0.2, -0.15) is 13.2 Å². The molecule has 1 amide bonds. The van der Waals surface area contributed by atoms with Crippen molar-refractivity contribution in [3.63, 3.8) is 0 Å². The summed E-state index contributed by atoms with van der Waals surface area (Å²) in [5.41, 5.74) is 0.248. The third-order valence-corrected chi connectivity index (χ3v) is 8.15. The summed E-state index contributed by atoms with van der Waals surface area (Å²) in [4.78, 5) is 15.0. The lowest BCUT2D eigenvalue weighted by Gasteiger charge is -2.33. The Kier molecular flexibility index (Phi) is 6.81. The first-order chi connectivity index (χ1) is 15.6. The van der Waals surface area contributed by atoms with Crippen molar-refractivity contribution in [1.29, 1.82) is 0 Å². The van der Waals surface area contributed by atoms with Crippen LogP contribution in [0, 0.1) is 5.92 Å². The van der Waals surface area contributed by atoms with Crippen LogP contribution >= 0.6 is 0 Å². The summed E-state index contributed by atoms with van der Waals surface area (Å²) < 4.78 is 66.0. The van der Waals surface area contributed by atoms with Gasteiger partial charge in [-0.15, -0.1) is 0 Å². The van der Waals surface area contributed by atoms with Crippen molar-refractivity contribution in [1.82, 2.24) is 9.62 Å². The average molecular weight is 481 g/mol. The van der Waals surface area contributed by atoms with Gasteiger partial charge >= 0.3 is 6.18 Å². The molecule has 33 heavy (non-hydrogen) atoms. The highest BCUT2D eigenvalue weighted by molar-refractivity contribution is 7.89. The molecule has 2 fully saturated rings. The molecule has 1 aliphatic heterocycles. The van der Waals surface area contributed by atoms with E-state index in [1.54, 1.807) is 0 Å². The zero-order valence-corrected chi connectivity index (χ0v) is 18.9. The molecule has 2 aliphatic rings. The SMILES string of the molecule is O=C([C@H]1CC[C@H](NS(=O)(=O)c2ccc(C(F)(F)F)cc2)CC1)N1CCCC1c1ccccc1. The van der Waals surface area contributed by atoms with Gasteiger partial charge in [-0.05, 0) is 68.4 Å². The lowest BCUT2D eigenvalue weighted by atomic mass is 9.85. The number of hydrogen-bond donors (Lipinski definition) is 1. The molecule has 4 rings (SSSR count). The van der Waals surface area contributed by atoms with E-state index in [4.69, 9.17) is 0 Å². The van der Waals surface area contributed by atoms with Gasteiger partial charge in [0, 0.05) is 18.5 Å². The molecule has 1 heterocycles. The zero-order chi connectivity index (χ0) is 23.6. The summed E-state index contributed by atoms with van der Waals surface area (Å²) in [7, 11) is -3.93. The number of amides is 1. The summed E-state index contributed by atoms with van der Waals surface area (Å²) in [6.45, 7) is 0.735. The van der Waals surface area contributed by atoms with Crippen LogP contribution in [0.15, 0.2) is 59.5 Å². The summed E-state index contributed by atoms with van der Waals surface area (Å²) in [5, 5.41) is 0. The predicted molar refractivity (Wildman–Crippen MR) is 118 cm³/mol.